The van der Waals surface area contributed by atoms with Gasteiger partial charge in [0.2, 0.25) is 0 Å². The molecule has 0 aliphatic heterocycles. The number of aromatic nitrogens is 2. The lowest BCUT2D eigenvalue weighted by atomic mass is 9.96. The summed E-state index contributed by atoms with van der Waals surface area (Å²) < 4.78 is 1.90. The van der Waals surface area contributed by atoms with Crippen LogP contribution in [-0.2, 0) is 12.8 Å². The number of benzene rings is 2. The van der Waals surface area contributed by atoms with Gasteiger partial charge in [0.05, 0.1) is 5.69 Å². The van der Waals surface area contributed by atoms with Gasteiger partial charge in [-0.25, -0.2) is 4.98 Å². The van der Waals surface area contributed by atoms with Crippen LogP contribution in [0.15, 0.2) is 48.7 Å². The number of carbonyl (C=O) groups is 2. The van der Waals surface area contributed by atoms with Gasteiger partial charge in [-0.1, -0.05) is 44.2 Å². The lowest BCUT2D eigenvalue weighted by Crippen LogP contribution is -2.37. The van der Waals surface area contributed by atoms with Crippen molar-refractivity contribution < 1.29 is 14.7 Å². The molecule has 6 nitrogen and oxygen atoms in total. The van der Waals surface area contributed by atoms with Crippen molar-refractivity contribution in [3.8, 4) is 11.3 Å². The smallest absolute Gasteiger partial charge is 0.251 e. The normalized spacial score (nSPS) is 12.2. The number of nitrogens with one attached hydrogen (secondary N) is 1. The Balaban J connectivity index is 1.71. The molecule has 1 amide bonds. The number of hydrogen-bond acceptors (Lipinski definition) is 4. The topological polar surface area (TPSA) is 84.2 Å². The lowest BCUT2D eigenvalue weighted by molar-refractivity contribution is 0.0929. The molecule has 192 valence electrons. The number of aryl methyl sites for hydroxylation is 1. The number of aliphatic hydroxyl groups excluding tert-OH is 1. The number of hydrogen-bond donors (Lipinski definition) is 2. The van der Waals surface area contributed by atoms with Crippen molar-refractivity contribution in [1.29, 1.82) is 0 Å². The molecule has 1 aromatic heterocycles. The van der Waals surface area contributed by atoms with Crippen molar-refractivity contribution in [3.05, 3.63) is 76.7 Å². The van der Waals surface area contributed by atoms with Gasteiger partial charge in [0, 0.05) is 42.9 Å². The van der Waals surface area contributed by atoms with Crippen molar-refractivity contribution in [2.24, 2.45) is 5.92 Å². The van der Waals surface area contributed by atoms with E-state index in [1.807, 2.05) is 74.0 Å². The molecule has 0 aliphatic rings. The van der Waals surface area contributed by atoms with Gasteiger partial charge >= 0.3 is 0 Å². The molecule has 0 saturated heterocycles. The molecule has 0 fully saturated rings. The number of carbonyl (C=O) groups excluding carboxylic acids is 2. The van der Waals surface area contributed by atoms with E-state index in [0.29, 0.717) is 30.1 Å². The molecule has 3 aromatic rings. The van der Waals surface area contributed by atoms with Gasteiger partial charge in [0.25, 0.3) is 5.91 Å². The first kappa shape index (κ1) is 27.3. The van der Waals surface area contributed by atoms with E-state index in [1.54, 1.807) is 0 Å². The van der Waals surface area contributed by atoms with Crippen molar-refractivity contribution >= 4 is 11.7 Å². The summed E-state index contributed by atoms with van der Waals surface area (Å²) in [6, 6.07) is 13.8. The number of amides is 1. The highest BCUT2D eigenvalue weighted by Crippen LogP contribution is 2.23. The molecule has 1 heterocycles. The maximum absolute atomic E-state index is 13.0. The summed E-state index contributed by atoms with van der Waals surface area (Å²) >= 11 is 0. The summed E-state index contributed by atoms with van der Waals surface area (Å²) in [6.45, 7) is 12.0. The minimum atomic E-state index is -0.187. The molecule has 2 N–H and O–H groups in total. The van der Waals surface area contributed by atoms with Crippen LogP contribution in [0.1, 0.15) is 84.7 Å². The van der Waals surface area contributed by atoms with Gasteiger partial charge in [0.1, 0.15) is 0 Å². The minimum Gasteiger partial charge on any atom is -0.396 e. The zero-order valence-corrected chi connectivity index (χ0v) is 22.3. The third-order valence-electron chi connectivity index (χ3n) is 6.38. The summed E-state index contributed by atoms with van der Waals surface area (Å²) in [4.78, 5) is 29.5. The van der Waals surface area contributed by atoms with Crippen LogP contribution >= 0.6 is 0 Å². The highest BCUT2D eigenvalue weighted by molar-refractivity contribution is 5.94. The van der Waals surface area contributed by atoms with Gasteiger partial charge in [-0.15, -0.1) is 0 Å². The fourth-order valence-corrected chi connectivity index (χ4v) is 4.44. The van der Waals surface area contributed by atoms with Crippen LogP contribution in [0.2, 0.25) is 0 Å². The third kappa shape index (κ3) is 6.91. The van der Waals surface area contributed by atoms with Crippen LogP contribution in [0, 0.1) is 12.8 Å². The van der Waals surface area contributed by atoms with E-state index in [9.17, 15) is 14.7 Å². The molecule has 3 rings (SSSR count). The van der Waals surface area contributed by atoms with Crippen LogP contribution in [0.3, 0.4) is 0 Å². The first-order chi connectivity index (χ1) is 17.1. The summed E-state index contributed by atoms with van der Waals surface area (Å²) in [5.41, 5.74) is 5.77. The molecule has 0 saturated carbocycles. The second-order valence-corrected chi connectivity index (χ2v) is 10.3. The summed E-state index contributed by atoms with van der Waals surface area (Å²) in [7, 11) is 0. The number of aliphatic hydroxyl groups is 1. The summed E-state index contributed by atoms with van der Waals surface area (Å²) in [5, 5.41) is 12.7. The molecule has 0 spiro atoms. The SMILES string of the molecule is CC(=O)c1nc(-c2ccc(C[C@@H](CCO)NC(=O)c3ccc(CC(C)C)c(C)c3)cc2)cn1C(C)C. The maximum Gasteiger partial charge on any atom is 0.251 e. The predicted octanol–water partition coefficient (Wildman–Crippen LogP) is 5.56. The second-order valence-electron chi connectivity index (χ2n) is 10.3. The molecule has 2 aromatic carbocycles. The van der Waals surface area contributed by atoms with E-state index in [2.05, 4.69) is 24.1 Å². The van der Waals surface area contributed by atoms with Crippen LogP contribution < -0.4 is 5.32 Å². The van der Waals surface area contributed by atoms with Gasteiger partial charge in [0.15, 0.2) is 11.6 Å². The second kappa shape index (κ2) is 12.1. The van der Waals surface area contributed by atoms with Crippen molar-refractivity contribution in [2.75, 3.05) is 6.61 Å². The van der Waals surface area contributed by atoms with Gasteiger partial charge in [-0.05, 0) is 74.8 Å². The Labute approximate surface area is 214 Å². The Bertz CT molecular complexity index is 1190. The van der Waals surface area contributed by atoms with E-state index < -0.39 is 0 Å². The fourth-order valence-electron chi connectivity index (χ4n) is 4.44. The molecular weight excluding hydrogens is 450 g/mol. The summed E-state index contributed by atoms with van der Waals surface area (Å²) in [5.74, 6) is 0.840. The minimum absolute atomic E-state index is 0.00412. The van der Waals surface area contributed by atoms with E-state index in [4.69, 9.17) is 0 Å². The van der Waals surface area contributed by atoms with Gasteiger partial charge in [-0.3, -0.25) is 9.59 Å². The van der Waals surface area contributed by atoms with Crippen LogP contribution in [0.25, 0.3) is 11.3 Å². The number of Topliss-reactive ketones (excluding diaryl/α,β-unsaturated/α-hetero) is 1. The Morgan fingerprint density at radius 1 is 1.03 bits per heavy atom. The molecular formula is C30H39N3O3. The van der Waals surface area contributed by atoms with Crippen LogP contribution in [0.5, 0.6) is 0 Å². The monoisotopic (exact) mass is 489 g/mol. The fraction of sp³-hybridized carbons (Fsp3) is 0.433. The number of ketones is 1. The molecule has 36 heavy (non-hydrogen) atoms. The lowest BCUT2D eigenvalue weighted by Gasteiger charge is -2.19. The molecule has 0 bridgehead atoms. The first-order valence-corrected chi connectivity index (χ1v) is 12.8. The average molecular weight is 490 g/mol. The zero-order valence-electron chi connectivity index (χ0n) is 22.3. The molecule has 6 heteroatoms. The van der Waals surface area contributed by atoms with Gasteiger partial charge in [-0.2, -0.15) is 0 Å². The average Bonchev–Trinajstić information content (AvgIpc) is 3.27. The largest absolute Gasteiger partial charge is 0.396 e. The third-order valence-corrected chi connectivity index (χ3v) is 6.38. The van der Waals surface area contributed by atoms with Crippen molar-refractivity contribution in [2.45, 2.75) is 72.9 Å². The van der Waals surface area contributed by atoms with E-state index in [1.165, 1.54) is 12.5 Å². The van der Waals surface area contributed by atoms with Crippen LogP contribution in [-0.4, -0.2) is 39.0 Å². The molecule has 0 radical (unpaired) electrons. The number of imidazole rings is 1. The quantitative estimate of drug-likeness (QED) is 0.345. The standard InChI is InChI=1S/C30H39N3O3/c1-19(2)15-25-11-12-26(16-21(25)5)30(36)31-27(13-14-34)17-23-7-9-24(10-8-23)28-18-33(20(3)4)29(32-28)22(6)35/h7-12,16,18-20,27,34H,13-15,17H2,1-6H3,(H,31,36)/t27-/m1/s1. The predicted molar refractivity (Wildman–Crippen MR) is 144 cm³/mol. The molecule has 1 atom stereocenters. The maximum atomic E-state index is 13.0. The van der Waals surface area contributed by atoms with E-state index in [0.717, 1.165) is 28.8 Å². The first-order valence-electron chi connectivity index (χ1n) is 12.8. The van der Waals surface area contributed by atoms with E-state index in [-0.39, 0.29) is 30.4 Å². The number of nitrogens with zero attached hydrogens (tertiary/aromatic N) is 2. The Kier molecular flexibility index (Phi) is 9.21. The summed E-state index contributed by atoms with van der Waals surface area (Å²) in [6.07, 6.45) is 3.99. The Morgan fingerprint density at radius 3 is 2.25 bits per heavy atom. The van der Waals surface area contributed by atoms with Crippen molar-refractivity contribution in [3.63, 3.8) is 0 Å². The van der Waals surface area contributed by atoms with Gasteiger partial charge < -0.3 is 15.0 Å². The van der Waals surface area contributed by atoms with Crippen molar-refractivity contribution in [1.82, 2.24) is 14.9 Å². The Morgan fingerprint density at radius 2 is 1.72 bits per heavy atom. The zero-order chi connectivity index (χ0) is 26.4. The Hall–Kier alpha value is -3.25. The number of rotatable bonds is 11. The molecule has 0 aliphatic carbocycles. The highest BCUT2D eigenvalue weighted by atomic mass is 16.3. The molecule has 0 unspecified atom stereocenters. The van der Waals surface area contributed by atoms with E-state index >= 15 is 0 Å². The van der Waals surface area contributed by atoms with Crippen LogP contribution in [0.4, 0.5) is 0 Å². The highest BCUT2D eigenvalue weighted by Gasteiger charge is 2.17.